The molecule has 2 heterocycles. The van der Waals surface area contributed by atoms with Crippen LogP contribution < -0.4 is 20.1 Å². The number of anilines is 2. The van der Waals surface area contributed by atoms with E-state index < -0.39 is 0 Å². The largest absolute Gasteiger partial charge is 0.493 e. The van der Waals surface area contributed by atoms with Crippen molar-refractivity contribution in [3.05, 3.63) is 80.3 Å². The number of methoxy groups -OCH3 is 2. The summed E-state index contributed by atoms with van der Waals surface area (Å²) in [6.45, 7) is 8.99. The van der Waals surface area contributed by atoms with Gasteiger partial charge < -0.3 is 20.1 Å². The van der Waals surface area contributed by atoms with Crippen LogP contribution in [0.25, 0.3) is 0 Å². The number of halogens is 2. The minimum absolute atomic E-state index is 0.456. The van der Waals surface area contributed by atoms with E-state index in [0.717, 1.165) is 45.3 Å². The van der Waals surface area contributed by atoms with Crippen LogP contribution in [-0.2, 0) is 13.1 Å². The summed E-state index contributed by atoms with van der Waals surface area (Å²) in [5.74, 6) is 1.37. The van der Waals surface area contributed by atoms with Gasteiger partial charge in [0.1, 0.15) is 0 Å². The van der Waals surface area contributed by atoms with Crippen LogP contribution in [0.15, 0.2) is 36.4 Å². The molecule has 0 atom stereocenters. The quantitative estimate of drug-likeness (QED) is 0.232. The Kier molecular flexibility index (Phi) is 8.50. The fourth-order valence-corrected chi connectivity index (χ4v) is 4.96. The van der Waals surface area contributed by atoms with Gasteiger partial charge in [-0.2, -0.15) is 10.2 Å². The molecule has 4 rings (SSSR count). The van der Waals surface area contributed by atoms with E-state index in [4.69, 9.17) is 50.0 Å². The van der Waals surface area contributed by atoms with Gasteiger partial charge in [0.15, 0.2) is 16.6 Å². The van der Waals surface area contributed by atoms with Crippen molar-refractivity contribution in [1.82, 2.24) is 19.6 Å². The first-order valence-electron chi connectivity index (χ1n) is 11.9. The van der Waals surface area contributed by atoms with Crippen LogP contribution in [0.3, 0.4) is 0 Å². The van der Waals surface area contributed by atoms with Gasteiger partial charge in [0.05, 0.1) is 61.5 Å². The predicted molar refractivity (Wildman–Crippen MR) is 157 cm³/mol. The maximum atomic E-state index is 6.37. The van der Waals surface area contributed by atoms with Gasteiger partial charge in [-0.3, -0.25) is 9.36 Å². The number of hydrogen-bond donors (Lipinski definition) is 2. The van der Waals surface area contributed by atoms with E-state index in [0.29, 0.717) is 39.7 Å². The number of ether oxygens (including phenoxy) is 2. The molecule has 0 aliphatic carbocycles. The number of nitrogens with one attached hydrogen (secondary N) is 2. The summed E-state index contributed by atoms with van der Waals surface area (Å²) in [6.07, 6.45) is 0. The zero-order valence-corrected chi connectivity index (χ0v) is 24.5. The summed E-state index contributed by atoms with van der Waals surface area (Å²) in [4.78, 5) is 0. The summed E-state index contributed by atoms with van der Waals surface area (Å²) in [6, 6.07) is 11.3. The Hall–Kier alpha value is -3.27. The van der Waals surface area contributed by atoms with Gasteiger partial charge in [0, 0.05) is 10.0 Å². The van der Waals surface area contributed by atoms with Crippen molar-refractivity contribution < 1.29 is 9.47 Å². The molecular weight excluding hydrogens is 543 g/mol. The number of rotatable bonds is 8. The molecule has 0 bridgehead atoms. The first-order valence-corrected chi connectivity index (χ1v) is 13.1. The molecule has 38 heavy (non-hydrogen) atoms. The molecule has 200 valence electrons. The van der Waals surface area contributed by atoms with Crippen LogP contribution in [0.5, 0.6) is 11.5 Å². The zero-order valence-electron chi connectivity index (χ0n) is 22.1. The van der Waals surface area contributed by atoms with E-state index >= 15 is 0 Å². The van der Waals surface area contributed by atoms with E-state index in [2.05, 4.69) is 15.7 Å². The first kappa shape index (κ1) is 27.8. The molecule has 0 aliphatic heterocycles. The fraction of sp³-hybridized carbons (Fsp3) is 0.296. The highest BCUT2D eigenvalue weighted by molar-refractivity contribution is 7.80. The van der Waals surface area contributed by atoms with Crippen LogP contribution >= 0.6 is 35.4 Å². The average molecular weight is 574 g/mol. The Bertz CT molecular complexity index is 1500. The third kappa shape index (κ3) is 5.90. The van der Waals surface area contributed by atoms with Crippen molar-refractivity contribution >= 4 is 51.9 Å². The minimum Gasteiger partial charge on any atom is -0.493 e. The first-order chi connectivity index (χ1) is 18.1. The third-order valence-corrected chi connectivity index (χ3v) is 7.15. The van der Waals surface area contributed by atoms with Gasteiger partial charge >= 0.3 is 0 Å². The van der Waals surface area contributed by atoms with Gasteiger partial charge in [-0.15, -0.1) is 0 Å². The second kappa shape index (κ2) is 11.6. The second-order valence-corrected chi connectivity index (χ2v) is 10.2. The van der Waals surface area contributed by atoms with Gasteiger partial charge in [-0.25, -0.2) is 0 Å². The molecule has 0 unspecified atom stereocenters. The summed E-state index contributed by atoms with van der Waals surface area (Å²) in [5.41, 5.74) is 7.25. The molecule has 0 fully saturated rings. The molecule has 0 amide bonds. The summed E-state index contributed by atoms with van der Waals surface area (Å²) >= 11 is 18.1. The predicted octanol–water partition coefficient (Wildman–Crippen LogP) is 6.54. The van der Waals surface area contributed by atoms with Gasteiger partial charge in [0.25, 0.3) is 0 Å². The van der Waals surface area contributed by atoms with Crippen LogP contribution in [0.1, 0.15) is 33.9 Å². The maximum absolute atomic E-state index is 6.37. The standard InChI is InChI=1S/C27H30Cl2N6O2S/c1-15-25(17(3)34(32-15)13-19-7-10-23(36-5)24(11-19)37-6)30-27(38)31-26-16(2)33-35(18(26)4)14-20-8-9-21(28)12-22(20)29/h7-12H,13-14H2,1-6H3,(H2,30,31,38). The Labute approximate surface area is 237 Å². The lowest BCUT2D eigenvalue weighted by Gasteiger charge is -2.13. The number of aromatic nitrogens is 4. The lowest BCUT2D eigenvalue weighted by atomic mass is 10.2. The summed E-state index contributed by atoms with van der Waals surface area (Å²) in [7, 11) is 3.25. The molecular formula is C27H30Cl2N6O2S. The molecule has 0 aliphatic rings. The van der Waals surface area contributed by atoms with Crippen molar-refractivity contribution in [2.75, 3.05) is 24.9 Å². The number of hydrogen-bond acceptors (Lipinski definition) is 5. The molecule has 0 saturated heterocycles. The smallest absolute Gasteiger partial charge is 0.175 e. The summed E-state index contributed by atoms with van der Waals surface area (Å²) < 4.78 is 14.6. The van der Waals surface area contributed by atoms with Crippen molar-refractivity contribution in [2.24, 2.45) is 0 Å². The highest BCUT2D eigenvalue weighted by Gasteiger charge is 2.17. The van der Waals surface area contributed by atoms with Gasteiger partial charge in [-0.05, 0) is 75.3 Å². The molecule has 11 heteroatoms. The number of benzene rings is 2. The zero-order chi connectivity index (χ0) is 27.6. The molecule has 8 nitrogen and oxygen atoms in total. The molecule has 2 aromatic carbocycles. The SMILES string of the molecule is COc1ccc(Cn2nc(C)c(NC(=S)Nc3c(C)nn(Cc4ccc(Cl)cc4Cl)c3C)c2C)cc1OC. The Balaban J connectivity index is 1.48. The number of thiocarbonyl (C=S) groups is 1. The minimum atomic E-state index is 0.456. The van der Waals surface area contributed by atoms with Crippen LogP contribution in [0.4, 0.5) is 11.4 Å². The highest BCUT2D eigenvalue weighted by atomic mass is 35.5. The fourth-order valence-electron chi connectivity index (χ4n) is 4.29. The van der Waals surface area contributed by atoms with Gasteiger partial charge in [0.2, 0.25) is 0 Å². The molecule has 2 aromatic heterocycles. The van der Waals surface area contributed by atoms with Crippen LogP contribution in [0.2, 0.25) is 10.0 Å². The van der Waals surface area contributed by atoms with E-state index in [1.165, 1.54) is 0 Å². The second-order valence-electron chi connectivity index (χ2n) is 8.91. The highest BCUT2D eigenvalue weighted by Crippen LogP contribution is 2.29. The van der Waals surface area contributed by atoms with Crippen molar-refractivity contribution in [1.29, 1.82) is 0 Å². The van der Waals surface area contributed by atoms with Crippen molar-refractivity contribution in [2.45, 2.75) is 40.8 Å². The lowest BCUT2D eigenvalue weighted by molar-refractivity contribution is 0.354. The third-order valence-electron chi connectivity index (χ3n) is 6.36. The molecule has 2 N–H and O–H groups in total. The molecule has 0 saturated carbocycles. The Morgan fingerprint density at radius 2 is 1.39 bits per heavy atom. The number of nitrogens with zero attached hydrogens (tertiary/aromatic N) is 4. The Morgan fingerprint density at radius 1 is 0.816 bits per heavy atom. The molecule has 4 aromatic rings. The average Bonchev–Trinajstić information content (AvgIpc) is 3.29. The van der Waals surface area contributed by atoms with Crippen LogP contribution in [0, 0.1) is 27.7 Å². The van der Waals surface area contributed by atoms with E-state index in [1.807, 2.05) is 67.4 Å². The van der Waals surface area contributed by atoms with E-state index in [9.17, 15) is 0 Å². The lowest BCUT2D eigenvalue weighted by Crippen LogP contribution is -2.21. The topological polar surface area (TPSA) is 78.2 Å². The maximum Gasteiger partial charge on any atom is 0.175 e. The van der Waals surface area contributed by atoms with Crippen molar-refractivity contribution in [3.63, 3.8) is 0 Å². The van der Waals surface area contributed by atoms with Gasteiger partial charge in [-0.1, -0.05) is 35.3 Å². The number of aryl methyl sites for hydroxylation is 2. The van der Waals surface area contributed by atoms with Crippen molar-refractivity contribution in [3.8, 4) is 11.5 Å². The van der Waals surface area contributed by atoms with Crippen LogP contribution in [-0.4, -0.2) is 38.9 Å². The monoisotopic (exact) mass is 572 g/mol. The molecule has 0 radical (unpaired) electrons. The Morgan fingerprint density at radius 3 is 1.95 bits per heavy atom. The van der Waals surface area contributed by atoms with E-state index in [1.54, 1.807) is 20.3 Å². The summed E-state index contributed by atoms with van der Waals surface area (Å²) in [5, 5.41) is 17.7. The molecule has 0 spiro atoms. The normalized spacial score (nSPS) is 10.9. The van der Waals surface area contributed by atoms with E-state index in [-0.39, 0.29) is 0 Å².